The molecule has 4 heterocycles. The van der Waals surface area contributed by atoms with Crippen LogP contribution in [0.5, 0.6) is 0 Å². The summed E-state index contributed by atoms with van der Waals surface area (Å²) in [6, 6.07) is 1.69. The van der Waals surface area contributed by atoms with Gasteiger partial charge >= 0.3 is 0 Å². The number of hydrogen-bond acceptors (Lipinski definition) is 4. The Morgan fingerprint density at radius 2 is 2.15 bits per heavy atom. The van der Waals surface area contributed by atoms with Gasteiger partial charge in [0, 0.05) is 42.3 Å². The van der Waals surface area contributed by atoms with Crippen LogP contribution in [0.15, 0.2) is 23.3 Å². The molecule has 142 valence electrons. The highest BCUT2D eigenvalue weighted by atomic mass is 16.2. The lowest BCUT2D eigenvalue weighted by molar-refractivity contribution is -0.132. The molecule has 1 saturated heterocycles. The van der Waals surface area contributed by atoms with E-state index < -0.39 is 0 Å². The van der Waals surface area contributed by atoms with E-state index in [1.807, 2.05) is 42.7 Å². The number of aromatic nitrogens is 5. The van der Waals surface area contributed by atoms with E-state index in [9.17, 15) is 9.59 Å². The van der Waals surface area contributed by atoms with Crippen LogP contribution in [0.1, 0.15) is 41.4 Å². The number of likely N-dealkylation sites (tertiary alicyclic amines) is 1. The molecule has 1 atom stereocenters. The maximum absolute atomic E-state index is 13.0. The van der Waals surface area contributed by atoms with Gasteiger partial charge in [0.05, 0.1) is 18.7 Å². The van der Waals surface area contributed by atoms with Gasteiger partial charge in [0.1, 0.15) is 0 Å². The number of piperidine rings is 1. The first-order valence-corrected chi connectivity index (χ1v) is 9.29. The van der Waals surface area contributed by atoms with E-state index in [1.165, 1.54) is 6.07 Å². The van der Waals surface area contributed by atoms with Crippen LogP contribution >= 0.6 is 0 Å². The molecule has 1 N–H and O–H groups in total. The first-order valence-electron chi connectivity index (χ1n) is 9.29. The quantitative estimate of drug-likeness (QED) is 0.760. The van der Waals surface area contributed by atoms with E-state index in [1.54, 1.807) is 4.52 Å². The topological polar surface area (TPSA) is 88.3 Å². The Morgan fingerprint density at radius 1 is 1.33 bits per heavy atom. The number of carbonyl (C=O) groups excluding carboxylic acids is 1. The smallest absolute Gasteiger partial charge is 0.266 e. The summed E-state index contributed by atoms with van der Waals surface area (Å²) in [6.45, 7) is 7.26. The molecule has 3 aromatic rings. The van der Waals surface area contributed by atoms with Crippen LogP contribution in [0.25, 0.3) is 5.65 Å². The molecule has 0 bridgehead atoms. The van der Waals surface area contributed by atoms with Crippen molar-refractivity contribution in [3.63, 3.8) is 0 Å². The number of carbonyl (C=O) groups is 1. The third kappa shape index (κ3) is 3.27. The second-order valence-corrected chi connectivity index (χ2v) is 7.39. The Bertz CT molecular complexity index is 1060. The zero-order chi connectivity index (χ0) is 19.1. The Morgan fingerprint density at radius 3 is 2.89 bits per heavy atom. The van der Waals surface area contributed by atoms with Crippen molar-refractivity contribution in [2.24, 2.45) is 0 Å². The van der Waals surface area contributed by atoms with Crippen molar-refractivity contribution in [1.82, 2.24) is 29.3 Å². The number of hydrogen-bond donors (Lipinski definition) is 1. The summed E-state index contributed by atoms with van der Waals surface area (Å²) in [4.78, 5) is 31.0. The Labute approximate surface area is 156 Å². The fraction of sp³-hybridized carbons (Fsp3) is 0.474. The molecule has 3 aromatic heterocycles. The molecule has 0 aromatic carbocycles. The van der Waals surface area contributed by atoms with Crippen molar-refractivity contribution in [2.45, 2.75) is 46.1 Å². The highest BCUT2D eigenvalue weighted by Gasteiger charge is 2.26. The number of fused-ring (bicyclic) bond motifs is 1. The first kappa shape index (κ1) is 17.5. The Hall–Kier alpha value is -2.90. The van der Waals surface area contributed by atoms with E-state index in [4.69, 9.17) is 0 Å². The Kier molecular flexibility index (Phi) is 4.33. The van der Waals surface area contributed by atoms with Gasteiger partial charge < -0.3 is 4.90 Å². The zero-order valence-electron chi connectivity index (χ0n) is 15.9. The lowest BCUT2D eigenvalue weighted by Crippen LogP contribution is -2.41. The van der Waals surface area contributed by atoms with Gasteiger partial charge in [-0.2, -0.15) is 5.10 Å². The number of H-pyrrole nitrogens is 1. The van der Waals surface area contributed by atoms with E-state index in [0.29, 0.717) is 12.2 Å². The molecule has 0 saturated carbocycles. The minimum absolute atomic E-state index is 0.0884. The minimum atomic E-state index is -0.193. The fourth-order valence-electron chi connectivity index (χ4n) is 3.90. The lowest BCUT2D eigenvalue weighted by Gasteiger charge is -2.33. The SMILES string of the molecule is Cc1cnn(C2CCCN(C(=O)Cc3c(C)nc4cc(=O)[nH]n4c3C)C2)c1. The predicted molar refractivity (Wildman–Crippen MR) is 101 cm³/mol. The number of aryl methyl sites for hydroxylation is 3. The summed E-state index contributed by atoms with van der Waals surface area (Å²) in [5.41, 5.74) is 4.03. The predicted octanol–water partition coefficient (Wildman–Crippen LogP) is 1.55. The second-order valence-electron chi connectivity index (χ2n) is 7.39. The van der Waals surface area contributed by atoms with Crippen LogP contribution < -0.4 is 5.56 Å². The van der Waals surface area contributed by atoms with Crippen molar-refractivity contribution in [2.75, 3.05) is 13.1 Å². The summed E-state index contributed by atoms with van der Waals surface area (Å²) in [7, 11) is 0. The van der Waals surface area contributed by atoms with E-state index >= 15 is 0 Å². The monoisotopic (exact) mass is 368 g/mol. The maximum atomic E-state index is 13.0. The molecule has 1 aliphatic heterocycles. The van der Waals surface area contributed by atoms with Gasteiger partial charge in [-0.25, -0.2) is 9.50 Å². The van der Waals surface area contributed by atoms with Crippen molar-refractivity contribution < 1.29 is 4.79 Å². The van der Waals surface area contributed by atoms with E-state index in [-0.39, 0.29) is 23.9 Å². The maximum Gasteiger partial charge on any atom is 0.266 e. The zero-order valence-corrected chi connectivity index (χ0v) is 15.9. The van der Waals surface area contributed by atoms with E-state index in [0.717, 1.165) is 41.9 Å². The molecule has 1 aliphatic rings. The van der Waals surface area contributed by atoms with Crippen LogP contribution in [0.4, 0.5) is 0 Å². The average molecular weight is 368 g/mol. The van der Waals surface area contributed by atoms with Crippen LogP contribution in [-0.4, -0.2) is 48.3 Å². The highest BCUT2D eigenvalue weighted by molar-refractivity contribution is 5.79. The lowest BCUT2D eigenvalue weighted by atomic mass is 10.0. The third-order valence-corrected chi connectivity index (χ3v) is 5.38. The molecule has 4 rings (SSSR count). The summed E-state index contributed by atoms with van der Waals surface area (Å²) in [5.74, 6) is 0.0884. The van der Waals surface area contributed by atoms with Gasteiger partial charge in [0.2, 0.25) is 5.91 Å². The van der Waals surface area contributed by atoms with Crippen molar-refractivity contribution in [3.05, 3.63) is 51.3 Å². The molecular weight excluding hydrogens is 344 g/mol. The number of nitrogens with zero attached hydrogens (tertiary/aromatic N) is 5. The number of amides is 1. The minimum Gasteiger partial charge on any atom is -0.340 e. The summed E-state index contributed by atoms with van der Waals surface area (Å²) < 4.78 is 3.63. The molecular formula is C19H24N6O2. The molecule has 0 radical (unpaired) electrons. The molecule has 0 spiro atoms. The van der Waals surface area contributed by atoms with Crippen LogP contribution in [-0.2, 0) is 11.2 Å². The van der Waals surface area contributed by atoms with Gasteiger partial charge in [-0.15, -0.1) is 0 Å². The average Bonchev–Trinajstić information content (AvgIpc) is 3.24. The number of aromatic amines is 1. The van der Waals surface area contributed by atoms with Crippen LogP contribution in [0.2, 0.25) is 0 Å². The normalized spacial score (nSPS) is 17.6. The van der Waals surface area contributed by atoms with E-state index in [2.05, 4.69) is 15.2 Å². The molecule has 1 amide bonds. The van der Waals surface area contributed by atoms with Gasteiger partial charge in [0.25, 0.3) is 5.56 Å². The molecule has 27 heavy (non-hydrogen) atoms. The fourth-order valence-corrected chi connectivity index (χ4v) is 3.90. The number of nitrogens with one attached hydrogen (secondary N) is 1. The van der Waals surface area contributed by atoms with Gasteiger partial charge in [0.15, 0.2) is 5.65 Å². The summed E-state index contributed by atoms with van der Waals surface area (Å²) in [5, 5.41) is 7.15. The molecule has 1 fully saturated rings. The van der Waals surface area contributed by atoms with Crippen LogP contribution in [0.3, 0.4) is 0 Å². The third-order valence-electron chi connectivity index (χ3n) is 5.38. The van der Waals surface area contributed by atoms with Crippen molar-refractivity contribution >= 4 is 11.6 Å². The second kappa shape index (κ2) is 6.68. The molecule has 8 heteroatoms. The van der Waals surface area contributed by atoms with Gasteiger partial charge in [-0.05, 0) is 39.2 Å². The standard InChI is InChI=1S/C19H24N6O2/c1-12-9-20-24(10-12)15-5-4-6-23(11-15)19(27)7-16-13(2)21-17-8-18(26)22-25(17)14(16)3/h8-10,15H,4-7,11H2,1-3H3,(H,22,26). The van der Waals surface area contributed by atoms with Crippen molar-refractivity contribution in [3.8, 4) is 0 Å². The molecule has 8 nitrogen and oxygen atoms in total. The Balaban J connectivity index is 1.55. The largest absolute Gasteiger partial charge is 0.340 e. The molecule has 1 unspecified atom stereocenters. The highest BCUT2D eigenvalue weighted by Crippen LogP contribution is 2.23. The summed E-state index contributed by atoms with van der Waals surface area (Å²) >= 11 is 0. The van der Waals surface area contributed by atoms with Crippen LogP contribution in [0, 0.1) is 20.8 Å². The van der Waals surface area contributed by atoms with Crippen molar-refractivity contribution in [1.29, 1.82) is 0 Å². The van der Waals surface area contributed by atoms with Gasteiger partial charge in [-0.1, -0.05) is 0 Å². The molecule has 0 aliphatic carbocycles. The van der Waals surface area contributed by atoms with Gasteiger partial charge in [-0.3, -0.25) is 19.4 Å². The number of rotatable bonds is 3. The first-order chi connectivity index (χ1) is 12.9. The summed E-state index contributed by atoms with van der Waals surface area (Å²) in [6.07, 6.45) is 6.17.